The van der Waals surface area contributed by atoms with Gasteiger partial charge in [0, 0.05) is 88.3 Å². The largest absolute Gasteiger partial charge is 0.508 e. The Labute approximate surface area is 485 Å². The molecule has 82 heavy (non-hydrogen) atoms. The summed E-state index contributed by atoms with van der Waals surface area (Å²) < 4.78 is 23.1. The number of fused-ring (bicyclic) bond motifs is 4. The maximum atomic E-state index is 17.3. The minimum Gasteiger partial charge on any atom is -0.508 e. The lowest BCUT2D eigenvalue weighted by Gasteiger charge is -2.42. The molecule has 2 amide bonds. The molecule has 5 aliphatic heterocycles. The molecule has 0 radical (unpaired) electrons. The lowest BCUT2D eigenvalue weighted by Crippen LogP contribution is -2.51. The molecular weight excluding hydrogens is 1050 g/mol. The van der Waals surface area contributed by atoms with Gasteiger partial charge in [-0.1, -0.05) is 68.4 Å². The second kappa shape index (κ2) is 25.0. The molecule has 7 aromatic rings. The summed E-state index contributed by atoms with van der Waals surface area (Å²) in [6, 6.07) is 20.7. The van der Waals surface area contributed by atoms with Crippen LogP contribution in [0.1, 0.15) is 121 Å². The van der Waals surface area contributed by atoms with Gasteiger partial charge in [-0.3, -0.25) is 14.6 Å². The summed E-state index contributed by atoms with van der Waals surface area (Å²) in [6.45, 7) is 23.4. The quantitative estimate of drug-likeness (QED) is 0.0693. The topological polar surface area (TPSA) is 172 Å². The fourth-order valence-electron chi connectivity index (χ4n) is 13.5. The molecule has 0 spiro atoms. The minimum absolute atomic E-state index is 0.0455. The van der Waals surface area contributed by atoms with Crippen LogP contribution in [0, 0.1) is 30.5 Å². The van der Waals surface area contributed by atoms with Gasteiger partial charge in [0.2, 0.25) is 18.3 Å². The number of aromatic hydroxyl groups is 1. The zero-order valence-electron chi connectivity index (χ0n) is 48.8. The van der Waals surface area contributed by atoms with Crippen LogP contribution in [0.4, 0.5) is 22.0 Å². The van der Waals surface area contributed by atoms with E-state index in [1.807, 2.05) is 54.6 Å². The predicted octanol–water partition coefficient (Wildman–Crippen LogP) is 10.9. The monoisotopic (exact) mass is 1130 g/mol. The van der Waals surface area contributed by atoms with Crippen LogP contribution in [0.3, 0.4) is 0 Å². The first-order valence-corrected chi connectivity index (χ1v) is 31.0. The number of likely N-dealkylation sites (tertiary alicyclic amines) is 2. The number of halogens is 1. The number of thiazole rings is 1. The van der Waals surface area contributed by atoms with Crippen molar-refractivity contribution in [3.05, 3.63) is 101 Å². The number of carbonyl (C=O) groups excluding carboxylic acids is 2. The van der Waals surface area contributed by atoms with E-state index in [-0.39, 0.29) is 46.8 Å². The van der Waals surface area contributed by atoms with E-state index < -0.39 is 5.82 Å². The van der Waals surface area contributed by atoms with Gasteiger partial charge in [-0.2, -0.15) is 4.98 Å². The molecule has 2 bridgehead atoms. The number of hydrogen-bond acceptors (Lipinski definition) is 15. The van der Waals surface area contributed by atoms with Crippen LogP contribution < -0.4 is 25.3 Å². The van der Waals surface area contributed by atoms with E-state index >= 15 is 4.39 Å². The number of hydrogen-bond donors (Lipinski definition) is 3. The Hall–Kier alpha value is -6.76. The van der Waals surface area contributed by atoms with Crippen LogP contribution in [0.5, 0.6) is 5.75 Å². The van der Waals surface area contributed by atoms with Crippen LogP contribution >= 0.6 is 11.3 Å². The van der Waals surface area contributed by atoms with Gasteiger partial charge >= 0.3 is 0 Å². The Bertz CT molecular complexity index is 3340. The first kappa shape index (κ1) is 57.1. The summed E-state index contributed by atoms with van der Waals surface area (Å²) in [5.41, 5.74) is 7.30. The van der Waals surface area contributed by atoms with Crippen LogP contribution in [0.15, 0.2) is 76.9 Å². The molecule has 3 aromatic carbocycles. The summed E-state index contributed by atoms with van der Waals surface area (Å²) in [5, 5.41) is 24.1. The predicted molar refractivity (Wildman–Crippen MR) is 325 cm³/mol. The van der Waals surface area contributed by atoms with Crippen molar-refractivity contribution in [2.45, 2.75) is 130 Å². The highest BCUT2D eigenvalue weighted by molar-refractivity contribution is 7.13. The van der Waals surface area contributed by atoms with Gasteiger partial charge in [-0.25, -0.2) is 14.4 Å². The molecule has 9 heterocycles. The zero-order chi connectivity index (χ0) is 57.2. The molecule has 0 aliphatic carbocycles. The molecule has 0 saturated carbocycles. The number of benzene rings is 3. The highest BCUT2D eigenvalue weighted by atomic mass is 32.1. The van der Waals surface area contributed by atoms with Gasteiger partial charge in [0.05, 0.1) is 27.5 Å². The van der Waals surface area contributed by atoms with E-state index in [4.69, 9.17) is 19.5 Å². The number of nitrogens with one attached hydrogen (secondary N) is 2. The van der Waals surface area contributed by atoms with Crippen LogP contribution in [0.25, 0.3) is 43.4 Å². The first-order chi connectivity index (χ1) is 39.8. The van der Waals surface area contributed by atoms with E-state index in [2.05, 4.69) is 93.2 Å². The summed E-state index contributed by atoms with van der Waals surface area (Å²) in [6.07, 6.45) is 11.2. The van der Waals surface area contributed by atoms with Gasteiger partial charge < -0.3 is 44.8 Å². The Morgan fingerprint density at radius 1 is 0.939 bits per heavy atom. The smallest absolute Gasteiger partial charge is 0.233 e. The van der Waals surface area contributed by atoms with Crippen LogP contribution in [-0.2, 0) is 16.0 Å². The Kier molecular flexibility index (Phi) is 17.4. The van der Waals surface area contributed by atoms with Crippen molar-refractivity contribution in [3.63, 3.8) is 0 Å². The second-order valence-corrected chi connectivity index (χ2v) is 24.9. The van der Waals surface area contributed by atoms with Crippen molar-refractivity contribution >= 4 is 62.9 Å². The standard InChI is InChI=1S/C51H67FN10O3.C13H14N2OS/c1-6-35-11-8-12-36-23-39(63)24-40(45(35)36)47-46(52)48-41(26-53-47)49(61-29-37-13-14-38(30-61)54-37)56-51(55-48)59(7-2)21-20-58-18-15-33(16-19-58)22-34-27-60(28-34)43-25-42(65-57-43)44(31(3)4)50(64)62-17-9-10-32(62)5;1-9(14-7-16)11-3-5-12(6-4-11)13-10(2)15-8-17-13/h8,11-12,23-26,31-34,37-38,44,54,63H,6-7,9-10,13-22,27-30H2,1-5H3;3-9H,1-2H3,(H,14,16). The average Bonchev–Trinajstić information content (AvgIpc) is 2.65. The van der Waals surface area contributed by atoms with Crippen molar-refractivity contribution in [3.8, 4) is 27.4 Å². The van der Waals surface area contributed by atoms with E-state index in [0.717, 1.165) is 137 Å². The number of rotatable bonds is 18. The number of phenols is 1. The second-order valence-electron chi connectivity index (χ2n) is 24.0. The number of piperazine rings is 1. The number of amides is 2. The van der Waals surface area contributed by atoms with E-state index in [1.54, 1.807) is 29.7 Å². The number of pyridine rings is 1. The zero-order valence-corrected chi connectivity index (χ0v) is 49.6. The lowest BCUT2D eigenvalue weighted by molar-refractivity contribution is -0.134. The highest BCUT2D eigenvalue weighted by Gasteiger charge is 2.39. The number of nitrogens with zero attached hydrogens (tertiary/aromatic N) is 10. The molecule has 12 rings (SSSR count). The first-order valence-electron chi connectivity index (χ1n) is 30.1. The van der Waals surface area contributed by atoms with Crippen molar-refractivity contribution in [2.24, 2.45) is 17.8 Å². The Balaban J connectivity index is 0.000000355. The maximum Gasteiger partial charge on any atom is 0.233 e. The van der Waals surface area contributed by atoms with Crippen LogP contribution in [-0.4, -0.2) is 136 Å². The van der Waals surface area contributed by atoms with E-state index in [1.165, 1.54) is 29.7 Å². The number of phenolic OH excluding ortho intramolecular Hbond substituents is 1. The SMILES string of the molecule is CCc1cccc2cc(O)cc(-c3ncc4c(N5CC6CCC(C5)N6)nc(N(CC)CCN5CCC(CC6CN(c7cc(C(C(=O)N8CCCC8C)C(C)C)on7)C6)CC5)nc4c3F)c12.Cc1ncsc1-c1ccc(C(C)NC=O)cc1. The summed E-state index contributed by atoms with van der Waals surface area (Å²) in [7, 11) is 0. The molecule has 5 saturated heterocycles. The van der Waals surface area contributed by atoms with Crippen molar-refractivity contribution < 1.29 is 23.6 Å². The highest BCUT2D eigenvalue weighted by Crippen LogP contribution is 2.41. The number of aryl methyl sites for hydroxylation is 2. The molecule has 16 nitrogen and oxygen atoms in total. The van der Waals surface area contributed by atoms with Gasteiger partial charge in [0.25, 0.3) is 0 Å². The average molecular weight is 1130 g/mol. The Morgan fingerprint density at radius 2 is 1.71 bits per heavy atom. The molecule has 3 N–H and O–H groups in total. The Morgan fingerprint density at radius 3 is 2.38 bits per heavy atom. The number of anilines is 3. The fourth-order valence-corrected chi connectivity index (χ4v) is 14.3. The molecular formula is C64H81FN12O4S. The van der Waals surface area contributed by atoms with Gasteiger partial charge in [0.15, 0.2) is 17.4 Å². The third-order valence-corrected chi connectivity index (χ3v) is 19.2. The molecule has 5 unspecified atom stereocenters. The summed E-state index contributed by atoms with van der Waals surface area (Å²) in [4.78, 5) is 55.8. The van der Waals surface area contributed by atoms with Crippen molar-refractivity contribution in [2.75, 3.05) is 80.1 Å². The molecule has 5 fully saturated rings. The number of carbonyl (C=O) groups is 2. The van der Waals surface area contributed by atoms with Gasteiger partial charge in [0.1, 0.15) is 28.7 Å². The number of aromatic nitrogens is 5. The molecule has 4 aromatic heterocycles. The summed E-state index contributed by atoms with van der Waals surface area (Å²) in [5.74, 6) is 3.78. The van der Waals surface area contributed by atoms with E-state index in [9.17, 15) is 14.7 Å². The van der Waals surface area contributed by atoms with Crippen molar-refractivity contribution in [1.82, 2.24) is 45.5 Å². The molecule has 5 aliphatic rings. The van der Waals surface area contributed by atoms with Crippen LogP contribution in [0.2, 0.25) is 0 Å². The third-order valence-electron chi connectivity index (χ3n) is 18.2. The molecule has 18 heteroatoms. The maximum absolute atomic E-state index is 17.3. The number of likely N-dealkylation sites (N-methyl/N-ethyl adjacent to an activating group) is 1. The minimum atomic E-state index is -0.485. The lowest BCUT2D eigenvalue weighted by atomic mass is 9.83. The third kappa shape index (κ3) is 12.0. The normalized spacial score (nSPS) is 20.3. The van der Waals surface area contributed by atoms with Gasteiger partial charge in [-0.15, -0.1) is 11.3 Å². The number of piperidine rings is 1. The van der Waals surface area contributed by atoms with Gasteiger partial charge in [-0.05, 0) is 150 Å². The molecule has 434 valence electrons. The fraction of sp³-hybridized carbons (Fsp3) is 0.516. The van der Waals surface area contributed by atoms with E-state index in [0.29, 0.717) is 53.1 Å². The molecule has 5 atom stereocenters. The summed E-state index contributed by atoms with van der Waals surface area (Å²) >= 11 is 1.64. The van der Waals surface area contributed by atoms with Crippen molar-refractivity contribution in [1.29, 1.82) is 0 Å².